The van der Waals surface area contributed by atoms with E-state index >= 15 is 0 Å². The molecule has 23 heavy (non-hydrogen) atoms. The number of nitrogens with one attached hydrogen (secondary N) is 1. The minimum Gasteiger partial charge on any atom is -0.343 e. The van der Waals surface area contributed by atoms with Crippen LogP contribution in [0.2, 0.25) is 0 Å². The summed E-state index contributed by atoms with van der Waals surface area (Å²) in [7, 11) is -4.33. The van der Waals surface area contributed by atoms with Crippen molar-refractivity contribution in [3.8, 4) is 0 Å². The van der Waals surface area contributed by atoms with Crippen molar-refractivity contribution in [1.82, 2.24) is 4.89 Å². The first-order valence-electron chi connectivity index (χ1n) is 7.15. The van der Waals surface area contributed by atoms with Gasteiger partial charge in [-0.05, 0) is 27.7 Å². The van der Waals surface area contributed by atoms with Crippen LogP contribution < -0.4 is 4.89 Å². The minimum atomic E-state index is -4.33. The van der Waals surface area contributed by atoms with Gasteiger partial charge in [-0.25, -0.2) is 0 Å². The van der Waals surface area contributed by atoms with Gasteiger partial charge in [0.05, 0.1) is 6.61 Å². The Bertz CT molecular complexity index is 577. The summed E-state index contributed by atoms with van der Waals surface area (Å²) in [6.07, 6.45) is -1.63. The third-order valence-corrected chi connectivity index (χ3v) is 4.45. The lowest BCUT2D eigenvalue weighted by molar-refractivity contribution is -0.290. The summed E-state index contributed by atoms with van der Waals surface area (Å²) < 4.78 is 56.3. The number of fused-ring (bicyclic) bond motifs is 3. The average Bonchev–Trinajstić information content (AvgIpc) is 2.88. The van der Waals surface area contributed by atoms with Crippen LogP contribution in [0, 0.1) is 0 Å². The van der Waals surface area contributed by atoms with Crippen LogP contribution in [0.5, 0.6) is 0 Å². The van der Waals surface area contributed by atoms with Crippen molar-refractivity contribution in [2.75, 3.05) is 13.2 Å². The second-order valence-electron chi connectivity index (χ2n) is 6.61. The van der Waals surface area contributed by atoms with Gasteiger partial charge >= 0.3 is 10.3 Å². The van der Waals surface area contributed by atoms with Crippen molar-refractivity contribution in [2.24, 2.45) is 0 Å². The summed E-state index contributed by atoms with van der Waals surface area (Å²) in [5.41, 5.74) is 0. The maximum Gasteiger partial charge on any atom is 0.358 e. The zero-order valence-corrected chi connectivity index (χ0v) is 14.1. The van der Waals surface area contributed by atoms with Crippen molar-refractivity contribution in [3.05, 3.63) is 0 Å². The van der Waals surface area contributed by atoms with Crippen LogP contribution in [-0.4, -0.2) is 62.5 Å². The van der Waals surface area contributed by atoms with Crippen molar-refractivity contribution < 1.29 is 41.5 Å². The van der Waals surface area contributed by atoms with E-state index in [1.165, 1.54) is 0 Å². The first-order chi connectivity index (χ1) is 10.5. The molecule has 3 fully saturated rings. The van der Waals surface area contributed by atoms with Crippen molar-refractivity contribution in [2.45, 2.75) is 63.4 Å². The molecule has 3 aliphatic rings. The third kappa shape index (κ3) is 3.25. The van der Waals surface area contributed by atoms with Crippen LogP contribution in [0.25, 0.3) is 0 Å². The molecule has 0 aromatic heterocycles. The maximum absolute atomic E-state index is 11.3. The van der Waals surface area contributed by atoms with Crippen LogP contribution in [0.15, 0.2) is 0 Å². The molecule has 4 atom stereocenters. The van der Waals surface area contributed by atoms with E-state index < -0.39 is 46.5 Å². The van der Waals surface area contributed by atoms with E-state index in [0.717, 1.165) is 4.89 Å². The van der Waals surface area contributed by atoms with Gasteiger partial charge in [-0.15, -0.1) is 0 Å². The summed E-state index contributed by atoms with van der Waals surface area (Å²) in [6, 6.07) is 0. The fourth-order valence-electron chi connectivity index (χ4n) is 3.13. The second-order valence-corrected chi connectivity index (χ2v) is 7.94. The van der Waals surface area contributed by atoms with E-state index in [2.05, 4.69) is 0 Å². The molecule has 0 bridgehead atoms. The standard InChI is InChI=1S/C12H21NO9S/c1-10(2)19-7-5-17-12(6-18-23(15,16)13-14)9(8(7)20-10)21-11(3,4)22-12/h7-9,13-14H,5-6H2,1-4H3/t7-,8-,9?,12+/m1/s1. The van der Waals surface area contributed by atoms with Gasteiger partial charge in [-0.3, -0.25) is 4.18 Å². The van der Waals surface area contributed by atoms with Crippen molar-refractivity contribution in [3.63, 3.8) is 0 Å². The lowest BCUT2D eigenvalue weighted by Crippen LogP contribution is -2.60. The fourth-order valence-corrected chi connectivity index (χ4v) is 3.51. The zero-order chi connectivity index (χ0) is 17.1. The summed E-state index contributed by atoms with van der Waals surface area (Å²) >= 11 is 0. The molecule has 0 aliphatic carbocycles. The SMILES string of the molecule is CC1(C)O[C@@H]2CO[C@@]3(COS(=O)(=O)NO)OC(C)(C)OC3[C@@H]2O1. The molecule has 3 aliphatic heterocycles. The smallest absolute Gasteiger partial charge is 0.343 e. The van der Waals surface area contributed by atoms with Crippen LogP contribution in [0.4, 0.5) is 0 Å². The van der Waals surface area contributed by atoms with E-state index in [4.69, 9.17) is 33.1 Å². The summed E-state index contributed by atoms with van der Waals surface area (Å²) in [6.45, 7) is 6.50. The van der Waals surface area contributed by atoms with Crippen molar-refractivity contribution in [1.29, 1.82) is 0 Å². The van der Waals surface area contributed by atoms with Gasteiger partial charge in [0.25, 0.3) is 0 Å². The Morgan fingerprint density at radius 3 is 2.52 bits per heavy atom. The second kappa shape index (κ2) is 5.31. The highest BCUT2D eigenvalue weighted by atomic mass is 32.2. The quantitative estimate of drug-likeness (QED) is 0.650. The normalized spacial score (nSPS) is 41.5. The van der Waals surface area contributed by atoms with Crippen molar-refractivity contribution >= 4 is 10.3 Å². The molecule has 0 amide bonds. The zero-order valence-electron chi connectivity index (χ0n) is 13.3. The molecular weight excluding hydrogens is 334 g/mol. The number of ether oxygens (including phenoxy) is 5. The van der Waals surface area contributed by atoms with Crippen LogP contribution in [0.1, 0.15) is 27.7 Å². The predicted octanol–water partition coefficient (Wildman–Crippen LogP) is -0.375. The van der Waals surface area contributed by atoms with Gasteiger partial charge < -0.3 is 28.9 Å². The van der Waals surface area contributed by atoms with E-state index in [-0.39, 0.29) is 12.7 Å². The van der Waals surface area contributed by atoms with Crippen LogP contribution in [0.3, 0.4) is 0 Å². The van der Waals surface area contributed by atoms with Gasteiger partial charge in [0, 0.05) is 0 Å². The lowest BCUT2D eigenvalue weighted by atomic mass is 9.98. The molecule has 0 radical (unpaired) electrons. The number of hydrogen-bond donors (Lipinski definition) is 2. The highest BCUT2D eigenvalue weighted by Gasteiger charge is 2.65. The van der Waals surface area contributed by atoms with Gasteiger partial charge in [-0.1, -0.05) is 4.89 Å². The van der Waals surface area contributed by atoms with Gasteiger partial charge in [0.2, 0.25) is 5.79 Å². The van der Waals surface area contributed by atoms with Crippen LogP contribution >= 0.6 is 0 Å². The largest absolute Gasteiger partial charge is 0.358 e. The van der Waals surface area contributed by atoms with Crippen LogP contribution in [-0.2, 0) is 38.2 Å². The molecule has 3 rings (SSSR count). The molecule has 0 saturated carbocycles. The summed E-state index contributed by atoms with van der Waals surface area (Å²) in [5.74, 6) is -3.34. The molecule has 2 N–H and O–H groups in total. The lowest BCUT2D eigenvalue weighted by Gasteiger charge is -2.40. The summed E-state index contributed by atoms with van der Waals surface area (Å²) in [5, 5.41) is 8.56. The Morgan fingerprint density at radius 1 is 1.17 bits per heavy atom. The molecular formula is C12H21NO9S. The molecule has 134 valence electrons. The Kier molecular flexibility index (Phi) is 4.03. The maximum atomic E-state index is 11.3. The molecule has 0 spiro atoms. The Labute approximate surface area is 134 Å². The number of hydrogen-bond acceptors (Lipinski definition) is 9. The molecule has 10 nitrogen and oxygen atoms in total. The first-order valence-corrected chi connectivity index (χ1v) is 8.56. The Morgan fingerprint density at radius 2 is 1.87 bits per heavy atom. The fraction of sp³-hybridized carbons (Fsp3) is 1.00. The van der Waals surface area contributed by atoms with E-state index in [1.807, 2.05) is 0 Å². The van der Waals surface area contributed by atoms with Gasteiger partial charge in [0.1, 0.15) is 24.9 Å². The predicted molar refractivity (Wildman–Crippen MR) is 72.3 cm³/mol. The average molecular weight is 355 g/mol. The molecule has 11 heteroatoms. The number of rotatable bonds is 4. The summed E-state index contributed by atoms with van der Waals surface area (Å²) in [4.78, 5) is 1.08. The monoisotopic (exact) mass is 355 g/mol. The van der Waals surface area contributed by atoms with Gasteiger partial charge in [0.15, 0.2) is 11.6 Å². The Balaban J connectivity index is 1.85. The molecule has 3 saturated heterocycles. The highest BCUT2D eigenvalue weighted by molar-refractivity contribution is 7.84. The first kappa shape index (κ1) is 17.5. The molecule has 0 aromatic rings. The molecule has 3 heterocycles. The molecule has 1 unspecified atom stereocenters. The third-order valence-electron chi connectivity index (χ3n) is 3.80. The highest BCUT2D eigenvalue weighted by Crippen LogP contribution is 2.47. The van der Waals surface area contributed by atoms with Gasteiger partial charge in [-0.2, -0.15) is 8.42 Å². The molecule has 0 aromatic carbocycles. The minimum absolute atomic E-state index is 0.125. The van der Waals surface area contributed by atoms with E-state index in [0.29, 0.717) is 0 Å². The van der Waals surface area contributed by atoms with E-state index in [9.17, 15) is 8.42 Å². The van der Waals surface area contributed by atoms with E-state index in [1.54, 1.807) is 27.7 Å². The topological polar surface area (TPSA) is 122 Å². The Hall–Kier alpha value is -0.370.